The molecule has 0 saturated carbocycles. The van der Waals surface area contributed by atoms with E-state index in [0.717, 1.165) is 21.2 Å². The minimum Gasteiger partial charge on any atom is -0.490 e. The zero-order valence-electron chi connectivity index (χ0n) is 18.9. The highest BCUT2D eigenvalue weighted by Gasteiger charge is 2.19. The van der Waals surface area contributed by atoms with Gasteiger partial charge in [0.15, 0.2) is 11.5 Å². The molecular weight excluding hydrogens is 470 g/mol. The Kier molecular flexibility index (Phi) is 7.83. The number of hydrogen-bond donors (Lipinski definition) is 0. The smallest absolute Gasteiger partial charge is 0.341 e. The monoisotopic (exact) mass is 493 g/mol. The fourth-order valence-electron chi connectivity index (χ4n) is 3.42. The molecule has 4 rings (SSSR count). The largest absolute Gasteiger partial charge is 0.490 e. The third-order valence-electron chi connectivity index (χ3n) is 5.00. The number of carbonyl (C=O) groups is 1. The van der Waals surface area contributed by atoms with Crippen molar-refractivity contribution in [3.8, 4) is 11.5 Å². The van der Waals surface area contributed by atoms with Crippen molar-refractivity contribution in [2.24, 2.45) is 4.99 Å². The van der Waals surface area contributed by atoms with Gasteiger partial charge in [-0.1, -0.05) is 48.0 Å². The van der Waals surface area contributed by atoms with Crippen LogP contribution in [0.3, 0.4) is 0 Å². The van der Waals surface area contributed by atoms with Gasteiger partial charge in [0.1, 0.15) is 17.2 Å². The Balaban J connectivity index is 1.60. The normalized spacial score (nSPS) is 11.1. The topological polar surface area (TPSA) is 57.1 Å². The first kappa shape index (κ1) is 23.8. The number of nitrogens with zero attached hydrogens (tertiary/aromatic N) is 1. The molecule has 0 bridgehead atoms. The Morgan fingerprint density at radius 2 is 1.76 bits per heavy atom. The molecular formula is C27H24ClNO4S. The summed E-state index contributed by atoms with van der Waals surface area (Å²) in [6, 6.07) is 20.9. The number of rotatable bonds is 9. The van der Waals surface area contributed by atoms with Gasteiger partial charge in [0.25, 0.3) is 0 Å². The molecule has 0 N–H and O–H groups in total. The first-order valence-electron chi connectivity index (χ1n) is 11.0. The molecule has 1 aromatic heterocycles. The summed E-state index contributed by atoms with van der Waals surface area (Å²) >= 11 is 7.69. The fourth-order valence-corrected chi connectivity index (χ4v) is 4.65. The van der Waals surface area contributed by atoms with E-state index in [1.54, 1.807) is 13.1 Å². The molecule has 0 unspecified atom stereocenters. The summed E-state index contributed by atoms with van der Waals surface area (Å²) in [5, 5.41) is 2.11. The molecule has 0 aliphatic carbocycles. The molecule has 0 fully saturated rings. The molecule has 1 heterocycles. The number of carbonyl (C=O) groups excluding carboxylic acids is 1. The number of esters is 1. The molecule has 4 aromatic rings. The van der Waals surface area contributed by atoms with Crippen LogP contribution in [0.5, 0.6) is 11.5 Å². The molecule has 0 aliphatic rings. The second-order valence-corrected chi connectivity index (χ2v) is 8.71. The Bertz CT molecular complexity index is 1330. The number of benzene rings is 3. The molecule has 0 saturated heterocycles. The van der Waals surface area contributed by atoms with E-state index in [1.165, 1.54) is 11.3 Å². The number of aliphatic imine (C=N–C) groups is 1. The first-order chi connectivity index (χ1) is 16.6. The molecule has 34 heavy (non-hydrogen) atoms. The van der Waals surface area contributed by atoms with Crippen molar-refractivity contribution in [1.82, 2.24) is 0 Å². The Morgan fingerprint density at radius 3 is 2.56 bits per heavy atom. The third-order valence-corrected chi connectivity index (χ3v) is 6.44. The van der Waals surface area contributed by atoms with Crippen LogP contribution in [0.4, 0.5) is 5.00 Å². The number of halogens is 1. The Morgan fingerprint density at radius 1 is 0.971 bits per heavy atom. The lowest BCUT2D eigenvalue weighted by atomic mass is 10.1. The van der Waals surface area contributed by atoms with E-state index < -0.39 is 0 Å². The molecule has 7 heteroatoms. The summed E-state index contributed by atoms with van der Waals surface area (Å²) in [4.78, 5) is 17.2. The van der Waals surface area contributed by atoms with E-state index in [2.05, 4.69) is 4.99 Å². The third kappa shape index (κ3) is 5.41. The van der Waals surface area contributed by atoms with Gasteiger partial charge >= 0.3 is 5.97 Å². The van der Waals surface area contributed by atoms with E-state index >= 15 is 0 Å². The fraction of sp³-hybridized carbons (Fsp3) is 0.185. The summed E-state index contributed by atoms with van der Waals surface area (Å²) in [6.45, 7) is 4.84. The zero-order valence-corrected chi connectivity index (χ0v) is 20.5. The summed E-state index contributed by atoms with van der Waals surface area (Å²) in [7, 11) is 0. The van der Waals surface area contributed by atoms with Gasteiger partial charge in [-0.2, -0.15) is 0 Å². The second-order valence-electron chi connectivity index (χ2n) is 7.28. The van der Waals surface area contributed by atoms with Crippen LogP contribution in [-0.2, 0) is 11.3 Å². The highest BCUT2D eigenvalue weighted by Crippen LogP contribution is 2.38. The Hall–Kier alpha value is -3.35. The van der Waals surface area contributed by atoms with Crippen molar-refractivity contribution in [3.05, 3.63) is 88.4 Å². The maximum absolute atomic E-state index is 12.6. The van der Waals surface area contributed by atoms with Gasteiger partial charge in [0, 0.05) is 26.9 Å². The van der Waals surface area contributed by atoms with Gasteiger partial charge in [0.05, 0.1) is 13.2 Å². The quantitative estimate of drug-likeness (QED) is 0.179. The van der Waals surface area contributed by atoms with Crippen molar-refractivity contribution in [3.63, 3.8) is 0 Å². The Labute approximate surface area is 207 Å². The van der Waals surface area contributed by atoms with Crippen molar-refractivity contribution in [2.45, 2.75) is 20.5 Å². The molecule has 0 amide bonds. The van der Waals surface area contributed by atoms with Gasteiger partial charge in [-0.15, -0.1) is 11.3 Å². The van der Waals surface area contributed by atoms with Crippen LogP contribution in [0.1, 0.15) is 35.3 Å². The lowest BCUT2D eigenvalue weighted by molar-refractivity contribution is 0.0530. The summed E-state index contributed by atoms with van der Waals surface area (Å²) in [5.74, 6) is 0.860. The average Bonchev–Trinajstić information content (AvgIpc) is 3.22. The van der Waals surface area contributed by atoms with Crippen molar-refractivity contribution < 1.29 is 19.0 Å². The molecule has 0 aliphatic heterocycles. The maximum Gasteiger partial charge on any atom is 0.341 e. The lowest BCUT2D eigenvalue weighted by Gasteiger charge is -2.13. The van der Waals surface area contributed by atoms with Gasteiger partial charge in [-0.3, -0.25) is 0 Å². The highest BCUT2D eigenvalue weighted by atomic mass is 35.5. The molecule has 5 nitrogen and oxygen atoms in total. The van der Waals surface area contributed by atoms with E-state index in [9.17, 15) is 4.79 Å². The summed E-state index contributed by atoms with van der Waals surface area (Å²) < 4.78 is 18.0. The minimum atomic E-state index is -0.370. The zero-order chi connectivity index (χ0) is 23.9. The average molecular weight is 494 g/mol. The van der Waals surface area contributed by atoms with Crippen LogP contribution >= 0.6 is 22.9 Å². The second kappa shape index (κ2) is 11.2. The maximum atomic E-state index is 12.6. The molecule has 174 valence electrons. The van der Waals surface area contributed by atoms with Gasteiger partial charge in [-0.25, -0.2) is 9.79 Å². The lowest BCUT2D eigenvalue weighted by Crippen LogP contribution is -2.04. The molecule has 0 spiro atoms. The van der Waals surface area contributed by atoms with Crippen LogP contribution in [0.15, 0.2) is 71.7 Å². The molecule has 0 radical (unpaired) electrons. The van der Waals surface area contributed by atoms with Crippen molar-refractivity contribution in [2.75, 3.05) is 13.2 Å². The first-order valence-corrected chi connectivity index (χ1v) is 12.2. The number of hydrogen-bond acceptors (Lipinski definition) is 6. The van der Waals surface area contributed by atoms with E-state index in [0.29, 0.717) is 46.9 Å². The summed E-state index contributed by atoms with van der Waals surface area (Å²) in [5.41, 5.74) is 2.21. The van der Waals surface area contributed by atoms with Gasteiger partial charge in [0.2, 0.25) is 0 Å². The van der Waals surface area contributed by atoms with Crippen molar-refractivity contribution >= 4 is 50.2 Å². The van der Waals surface area contributed by atoms with Crippen molar-refractivity contribution in [1.29, 1.82) is 0 Å². The van der Waals surface area contributed by atoms with Crippen LogP contribution in [0.2, 0.25) is 5.02 Å². The van der Waals surface area contributed by atoms with Crippen LogP contribution in [-0.4, -0.2) is 25.4 Å². The summed E-state index contributed by atoms with van der Waals surface area (Å²) in [6.07, 6.45) is 1.72. The predicted octanol–water partition coefficient (Wildman–Crippen LogP) is 7.46. The number of ether oxygens (including phenoxy) is 3. The number of fused-ring (bicyclic) bond motifs is 1. The van der Waals surface area contributed by atoms with E-state index in [-0.39, 0.29) is 5.97 Å². The van der Waals surface area contributed by atoms with Crippen LogP contribution in [0.25, 0.3) is 10.1 Å². The predicted molar refractivity (Wildman–Crippen MR) is 138 cm³/mol. The minimum absolute atomic E-state index is 0.305. The molecule has 0 atom stereocenters. The number of thiophene rings is 1. The van der Waals surface area contributed by atoms with Gasteiger partial charge < -0.3 is 14.2 Å². The van der Waals surface area contributed by atoms with Crippen LogP contribution in [0, 0.1) is 0 Å². The highest BCUT2D eigenvalue weighted by molar-refractivity contribution is 7.23. The van der Waals surface area contributed by atoms with E-state index in [1.807, 2.05) is 73.7 Å². The molecule has 3 aromatic carbocycles. The SMILES string of the molecule is CCOC(=O)c1c(N=Cc2ccc(OCc3ccccc3Cl)c(OCC)c2)sc2ccccc12. The van der Waals surface area contributed by atoms with Crippen LogP contribution < -0.4 is 9.47 Å². The standard InChI is InChI=1S/C27H24ClNO4S/c1-3-31-23-15-18(13-14-22(23)33-17-19-9-5-7-11-21(19)28)16-29-26-25(27(30)32-4-2)20-10-6-8-12-24(20)34-26/h5-16H,3-4,17H2,1-2H3. The van der Waals surface area contributed by atoms with E-state index in [4.69, 9.17) is 25.8 Å². The van der Waals surface area contributed by atoms with Gasteiger partial charge in [-0.05, 0) is 49.7 Å².